The number of carbonyl (C=O) groups is 2. The number of nitrogens with zero attached hydrogens (tertiary/aromatic N) is 3. The summed E-state index contributed by atoms with van der Waals surface area (Å²) in [5.74, 6) is 1.69. The lowest BCUT2D eigenvalue weighted by Gasteiger charge is -2.22. The highest BCUT2D eigenvalue weighted by Crippen LogP contribution is 2.38. The molecule has 10 nitrogen and oxygen atoms in total. The van der Waals surface area contributed by atoms with Crippen molar-refractivity contribution >= 4 is 11.9 Å². The largest absolute Gasteiger partial charge is 0.496 e. The number of hydrogen-bond acceptors (Lipinski definition) is 8. The van der Waals surface area contributed by atoms with Crippen LogP contribution in [0.1, 0.15) is 18.4 Å². The van der Waals surface area contributed by atoms with Crippen molar-refractivity contribution in [2.75, 3.05) is 13.9 Å². The fourth-order valence-corrected chi connectivity index (χ4v) is 3.64. The number of carbonyl (C=O) groups excluding carboxylic acids is 2. The fraction of sp³-hybridized carbons (Fsp3) is 0.238. The van der Waals surface area contributed by atoms with E-state index in [9.17, 15) is 9.59 Å². The van der Waals surface area contributed by atoms with Gasteiger partial charge in [0, 0.05) is 0 Å². The van der Waals surface area contributed by atoms with E-state index in [0.717, 1.165) is 4.90 Å². The van der Waals surface area contributed by atoms with Gasteiger partial charge in [0.15, 0.2) is 11.5 Å². The number of para-hydroxylation sites is 1. The molecule has 3 aromatic rings. The zero-order valence-corrected chi connectivity index (χ0v) is 16.7. The fourth-order valence-electron chi connectivity index (χ4n) is 3.64. The maximum absolute atomic E-state index is 13.2. The van der Waals surface area contributed by atoms with Gasteiger partial charge in [-0.2, -0.15) is 4.98 Å². The minimum absolute atomic E-state index is 0.119. The highest BCUT2D eigenvalue weighted by molar-refractivity contribution is 6.07. The number of ether oxygens (including phenoxy) is 3. The Morgan fingerprint density at radius 3 is 2.81 bits per heavy atom. The van der Waals surface area contributed by atoms with Gasteiger partial charge < -0.3 is 24.1 Å². The molecule has 1 N–H and O–H groups in total. The molecule has 1 unspecified atom stereocenters. The Morgan fingerprint density at radius 2 is 1.97 bits per heavy atom. The Balaban J connectivity index is 1.39. The molecule has 0 saturated carbocycles. The number of fused-ring (bicyclic) bond motifs is 1. The molecule has 2 aliphatic heterocycles. The van der Waals surface area contributed by atoms with Gasteiger partial charge >= 0.3 is 6.03 Å². The predicted molar refractivity (Wildman–Crippen MR) is 105 cm³/mol. The van der Waals surface area contributed by atoms with Crippen molar-refractivity contribution in [2.24, 2.45) is 0 Å². The van der Waals surface area contributed by atoms with Crippen molar-refractivity contribution in [3.05, 3.63) is 53.9 Å². The molecule has 1 fully saturated rings. The minimum Gasteiger partial charge on any atom is -0.496 e. The lowest BCUT2D eigenvalue weighted by Crippen LogP contribution is -2.40. The Labute approximate surface area is 176 Å². The molecule has 0 aliphatic carbocycles. The van der Waals surface area contributed by atoms with Crippen LogP contribution in [0.4, 0.5) is 4.79 Å². The minimum atomic E-state index is -1.26. The van der Waals surface area contributed by atoms with Gasteiger partial charge in [0.05, 0.1) is 12.7 Å². The van der Waals surface area contributed by atoms with Crippen LogP contribution in [-0.2, 0) is 16.9 Å². The lowest BCUT2D eigenvalue weighted by atomic mass is 9.91. The number of urea groups is 1. The zero-order valence-electron chi connectivity index (χ0n) is 16.7. The van der Waals surface area contributed by atoms with Gasteiger partial charge in [0.2, 0.25) is 18.5 Å². The topological polar surface area (TPSA) is 116 Å². The third-order valence-electron chi connectivity index (χ3n) is 5.33. The Morgan fingerprint density at radius 1 is 1.16 bits per heavy atom. The van der Waals surface area contributed by atoms with Crippen LogP contribution in [0.5, 0.6) is 17.2 Å². The van der Waals surface area contributed by atoms with Gasteiger partial charge in [0.1, 0.15) is 17.8 Å². The summed E-state index contributed by atoms with van der Waals surface area (Å²) in [5, 5.41) is 6.70. The predicted octanol–water partition coefficient (Wildman–Crippen LogP) is 2.44. The molecule has 31 heavy (non-hydrogen) atoms. The van der Waals surface area contributed by atoms with Crippen LogP contribution in [0.2, 0.25) is 0 Å². The summed E-state index contributed by atoms with van der Waals surface area (Å²) in [5.41, 5.74) is -0.0379. The third kappa shape index (κ3) is 3.03. The highest BCUT2D eigenvalue weighted by atomic mass is 16.7. The smallest absolute Gasteiger partial charge is 0.325 e. The summed E-state index contributed by atoms with van der Waals surface area (Å²) in [4.78, 5) is 31.2. The summed E-state index contributed by atoms with van der Waals surface area (Å²) in [6, 6.07) is 11.8. The van der Waals surface area contributed by atoms with Crippen LogP contribution < -0.4 is 19.5 Å². The van der Waals surface area contributed by atoms with E-state index in [2.05, 4.69) is 15.5 Å². The first-order valence-electron chi connectivity index (χ1n) is 9.50. The van der Waals surface area contributed by atoms with E-state index in [1.165, 1.54) is 0 Å². The summed E-state index contributed by atoms with van der Waals surface area (Å²) < 4.78 is 21.3. The highest BCUT2D eigenvalue weighted by Gasteiger charge is 2.49. The van der Waals surface area contributed by atoms with Gasteiger partial charge in [-0.3, -0.25) is 9.69 Å². The number of nitrogens with one attached hydrogen (secondary N) is 1. The molecular weight excluding hydrogens is 404 g/mol. The first-order valence-corrected chi connectivity index (χ1v) is 9.50. The molecule has 0 spiro atoms. The second-order valence-corrected chi connectivity index (χ2v) is 7.23. The molecule has 3 amide bonds. The van der Waals surface area contributed by atoms with Crippen molar-refractivity contribution in [1.29, 1.82) is 0 Å². The monoisotopic (exact) mass is 422 g/mol. The average Bonchev–Trinajstić information content (AvgIpc) is 3.49. The van der Waals surface area contributed by atoms with E-state index in [-0.39, 0.29) is 19.2 Å². The van der Waals surface area contributed by atoms with Crippen LogP contribution >= 0.6 is 0 Å². The normalized spacial score (nSPS) is 19.6. The SMILES string of the molecule is COc1ccccc1-c1noc(CN2C(=O)NC(C)(c3ccc4c(c3)OCO4)C2=O)n1. The van der Waals surface area contributed by atoms with Crippen LogP contribution in [0.3, 0.4) is 0 Å². The van der Waals surface area contributed by atoms with Gasteiger partial charge in [-0.05, 0) is 36.8 Å². The number of imide groups is 1. The second kappa shape index (κ2) is 7.01. The Hall–Kier alpha value is -4.08. The summed E-state index contributed by atoms with van der Waals surface area (Å²) >= 11 is 0. The van der Waals surface area contributed by atoms with E-state index in [0.29, 0.717) is 34.2 Å². The molecule has 158 valence electrons. The van der Waals surface area contributed by atoms with Gasteiger partial charge in [-0.15, -0.1) is 0 Å². The van der Waals surface area contributed by atoms with Gasteiger partial charge in [0.25, 0.3) is 5.91 Å². The number of hydrogen-bond donors (Lipinski definition) is 1. The quantitative estimate of drug-likeness (QED) is 0.624. The number of rotatable bonds is 5. The number of methoxy groups -OCH3 is 1. The van der Waals surface area contributed by atoms with Crippen LogP contribution in [0.25, 0.3) is 11.4 Å². The molecule has 10 heteroatoms. The maximum Gasteiger partial charge on any atom is 0.325 e. The van der Waals surface area contributed by atoms with E-state index in [1.54, 1.807) is 44.4 Å². The molecule has 0 bridgehead atoms. The molecule has 1 aromatic heterocycles. The van der Waals surface area contributed by atoms with E-state index in [4.69, 9.17) is 18.7 Å². The molecule has 1 atom stereocenters. The molecule has 3 heterocycles. The third-order valence-corrected chi connectivity index (χ3v) is 5.33. The van der Waals surface area contributed by atoms with Crippen LogP contribution in [0, 0.1) is 0 Å². The van der Waals surface area contributed by atoms with Crippen LogP contribution in [0.15, 0.2) is 47.0 Å². The first kappa shape index (κ1) is 18.9. The van der Waals surface area contributed by atoms with Crippen molar-refractivity contribution in [3.8, 4) is 28.6 Å². The maximum atomic E-state index is 13.2. The number of benzene rings is 2. The Kier molecular flexibility index (Phi) is 4.28. The van der Waals surface area contributed by atoms with Crippen molar-refractivity contribution in [3.63, 3.8) is 0 Å². The standard InChI is InChI=1S/C21H18N4O6/c1-21(12-7-8-15-16(9-12)30-11-29-15)19(26)25(20(27)23-21)10-17-22-18(24-31-17)13-5-3-4-6-14(13)28-2/h3-9H,10-11H2,1-2H3,(H,23,27). The van der Waals surface area contributed by atoms with Gasteiger partial charge in [-0.1, -0.05) is 23.4 Å². The van der Waals surface area contributed by atoms with Crippen molar-refractivity contribution in [1.82, 2.24) is 20.4 Å². The summed E-state index contributed by atoms with van der Waals surface area (Å²) in [7, 11) is 1.55. The summed E-state index contributed by atoms with van der Waals surface area (Å²) in [6.45, 7) is 1.60. The van der Waals surface area contributed by atoms with Crippen molar-refractivity contribution in [2.45, 2.75) is 19.0 Å². The molecule has 2 aliphatic rings. The molecule has 5 rings (SSSR count). The van der Waals surface area contributed by atoms with Crippen LogP contribution in [-0.4, -0.2) is 40.9 Å². The molecular formula is C21H18N4O6. The van der Waals surface area contributed by atoms with Gasteiger partial charge in [-0.25, -0.2) is 4.79 Å². The number of amides is 3. The lowest BCUT2D eigenvalue weighted by molar-refractivity contribution is -0.131. The van der Waals surface area contributed by atoms with E-state index in [1.807, 2.05) is 12.1 Å². The number of aromatic nitrogens is 2. The Bertz CT molecular complexity index is 1190. The molecule has 1 saturated heterocycles. The first-order chi connectivity index (χ1) is 15.0. The van der Waals surface area contributed by atoms with E-state index >= 15 is 0 Å². The second-order valence-electron chi connectivity index (χ2n) is 7.23. The zero-order chi connectivity index (χ0) is 21.6. The summed E-state index contributed by atoms with van der Waals surface area (Å²) in [6.07, 6.45) is 0. The van der Waals surface area contributed by atoms with Crippen molar-refractivity contribution < 1.29 is 28.3 Å². The average molecular weight is 422 g/mol. The molecule has 2 aromatic carbocycles. The molecule has 0 radical (unpaired) electrons. The van der Waals surface area contributed by atoms with E-state index < -0.39 is 17.5 Å².